The molecule has 0 N–H and O–H groups in total. The maximum atomic E-state index is 6.14. The van der Waals surface area contributed by atoms with Crippen LogP contribution in [0.3, 0.4) is 0 Å². The van der Waals surface area contributed by atoms with Gasteiger partial charge >= 0.3 is 0 Å². The molecule has 0 aromatic rings. The molecule has 0 bridgehead atoms. The van der Waals surface area contributed by atoms with Crippen LogP contribution in [-0.2, 0) is 4.74 Å². The molecule has 0 aliphatic carbocycles. The van der Waals surface area contributed by atoms with Gasteiger partial charge in [-0.15, -0.1) is 0 Å². The van der Waals surface area contributed by atoms with Gasteiger partial charge in [-0.3, -0.25) is 0 Å². The fourth-order valence-electron chi connectivity index (χ4n) is 1.55. The SMILES string of the molecule is CC(C)(C)OC1CCCSSC1(C)C. The largest absolute Gasteiger partial charge is 0.371 e. The van der Waals surface area contributed by atoms with Crippen LogP contribution in [0.15, 0.2) is 0 Å². The molecule has 1 aliphatic rings. The van der Waals surface area contributed by atoms with Gasteiger partial charge in [-0.25, -0.2) is 0 Å². The molecule has 1 fully saturated rings. The lowest BCUT2D eigenvalue weighted by molar-refractivity contribution is -0.0745. The Balaban J connectivity index is 2.63. The van der Waals surface area contributed by atoms with Crippen molar-refractivity contribution >= 4 is 21.6 Å². The molecule has 84 valence electrons. The van der Waals surface area contributed by atoms with Crippen LogP contribution in [0, 0.1) is 0 Å². The first-order valence-corrected chi connectivity index (χ1v) is 7.62. The van der Waals surface area contributed by atoms with Gasteiger partial charge in [-0.05, 0) is 47.5 Å². The van der Waals surface area contributed by atoms with Crippen molar-refractivity contribution in [2.45, 2.75) is 63.9 Å². The van der Waals surface area contributed by atoms with Gasteiger partial charge in [0, 0.05) is 10.5 Å². The highest BCUT2D eigenvalue weighted by molar-refractivity contribution is 8.77. The van der Waals surface area contributed by atoms with Gasteiger partial charge in [0.25, 0.3) is 0 Å². The van der Waals surface area contributed by atoms with Crippen LogP contribution in [0.4, 0.5) is 0 Å². The van der Waals surface area contributed by atoms with Crippen LogP contribution >= 0.6 is 21.6 Å². The van der Waals surface area contributed by atoms with E-state index in [-0.39, 0.29) is 10.3 Å². The van der Waals surface area contributed by atoms with E-state index in [4.69, 9.17) is 4.74 Å². The van der Waals surface area contributed by atoms with Gasteiger partial charge in [0.15, 0.2) is 0 Å². The van der Waals surface area contributed by atoms with Gasteiger partial charge in [-0.2, -0.15) is 0 Å². The smallest absolute Gasteiger partial charge is 0.0732 e. The van der Waals surface area contributed by atoms with E-state index >= 15 is 0 Å². The third-order valence-electron chi connectivity index (χ3n) is 2.24. The Hall–Kier alpha value is 0.660. The zero-order valence-corrected chi connectivity index (χ0v) is 11.6. The fraction of sp³-hybridized carbons (Fsp3) is 1.00. The van der Waals surface area contributed by atoms with Gasteiger partial charge in [0.05, 0.1) is 11.7 Å². The molecule has 0 radical (unpaired) electrons. The van der Waals surface area contributed by atoms with E-state index in [0.29, 0.717) is 6.10 Å². The summed E-state index contributed by atoms with van der Waals surface area (Å²) in [5, 5.41) is 0. The first kappa shape index (κ1) is 12.7. The Morgan fingerprint density at radius 1 is 1.29 bits per heavy atom. The molecule has 1 heterocycles. The van der Waals surface area contributed by atoms with Crippen molar-refractivity contribution in [3.05, 3.63) is 0 Å². The number of hydrogen-bond acceptors (Lipinski definition) is 3. The van der Waals surface area contributed by atoms with Crippen molar-refractivity contribution in [2.24, 2.45) is 0 Å². The summed E-state index contributed by atoms with van der Waals surface area (Å²) in [5.74, 6) is 1.26. The molecule has 0 aromatic heterocycles. The van der Waals surface area contributed by atoms with Gasteiger partial charge in [0.2, 0.25) is 0 Å². The van der Waals surface area contributed by atoms with Crippen LogP contribution in [-0.4, -0.2) is 22.2 Å². The summed E-state index contributed by atoms with van der Waals surface area (Å²) in [7, 11) is 3.97. The first-order valence-electron chi connectivity index (χ1n) is 5.30. The maximum absolute atomic E-state index is 6.14. The summed E-state index contributed by atoms with van der Waals surface area (Å²) >= 11 is 0. The molecule has 3 heteroatoms. The van der Waals surface area contributed by atoms with Crippen molar-refractivity contribution in [3.63, 3.8) is 0 Å². The van der Waals surface area contributed by atoms with E-state index in [0.717, 1.165) is 0 Å². The molecule has 1 saturated heterocycles. The topological polar surface area (TPSA) is 9.23 Å². The fourth-order valence-corrected chi connectivity index (χ4v) is 4.33. The average Bonchev–Trinajstić information content (AvgIpc) is 2.11. The average molecular weight is 234 g/mol. The Labute approximate surface area is 96.1 Å². The number of hydrogen-bond donors (Lipinski definition) is 0. The molecule has 14 heavy (non-hydrogen) atoms. The minimum Gasteiger partial charge on any atom is -0.371 e. The van der Waals surface area contributed by atoms with E-state index in [1.807, 2.05) is 21.6 Å². The van der Waals surface area contributed by atoms with Crippen LogP contribution < -0.4 is 0 Å². The molecule has 1 unspecified atom stereocenters. The van der Waals surface area contributed by atoms with Gasteiger partial charge in [0.1, 0.15) is 0 Å². The minimum absolute atomic E-state index is 0.0164. The van der Waals surface area contributed by atoms with Gasteiger partial charge in [-0.1, -0.05) is 21.6 Å². The van der Waals surface area contributed by atoms with Crippen LogP contribution in [0.2, 0.25) is 0 Å². The quantitative estimate of drug-likeness (QED) is 0.632. The number of ether oxygens (including phenoxy) is 1. The van der Waals surface area contributed by atoms with E-state index < -0.39 is 0 Å². The van der Waals surface area contributed by atoms with Crippen molar-refractivity contribution in [3.8, 4) is 0 Å². The van der Waals surface area contributed by atoms with Crippen LogP contribution in [0.5, 0.6) is 0 Å². The lowest BCUT2D eigenvalue weighted by atomic mass is 10.00. The second kappa shape index (κ2) is 4.67. The van der Waals surface area contributed by atoms with E-state index in [9.17, 15) is 0 Å². The molecule has 0 aromatic carbocycles. The lowest BCUT2D eigenvalue weighted by Gasteiger charge is -2.36. The third-order valence-corrected chi connectivity index (χ3v) is 5.65. The second-order valence-electron chi connectivity index (χ2n) is 5.37. The van der Waals surface area contributed by atoms with Crippen molar-refractivity contribution in [1.29, 1.82) is 0 Å². The molecular weight excluding hydrogens is 212 g/mol. The highest BCUT2D eigenvalue weighted by Crippen LogP contribution is 2.44. The Morgan fingerprint density at radius 2 is 1.93 bits per heavy atom. The summed E-state index contributed by atoms with van der Waals surface area (Å²) < 4.78 is 6.38. The van der Waals surface area contributed by atoms with E-state index in [1.165, 1.54) is 18.6 Å². The summed E-state index contributed by atoms with van der Waals surface area (Å²) in [6.07, 6.45) is 2.87. The summed E-state index contributed by atoms with van der Waals surface area (Å²) in [6.45, 7) is 11.0. The Kier molecular flexibility index (Phi) is 4.24. The predicted molar refractivity (Wildman–Crippen MR) is 68.0 cm³/mol. The van der Waals surface area contributed by atoms with Crippen molar-refractivity contribution in [1.82, 2.24) is 0 Å². The normalized spacial score (nSPS) is 28.5. The summed E-state index contributed by atoms with van der Waals surface area (Å²) in [6, 6.07) is 0. The van der Waals surface area contributed by atoms with Crippen LogP contribution in [0.25, 0.3) is 0 Å². The van der Waals surface area contributed by atoms with Crippen molar-refractivity contribution < 1.29 is 4.74 Å². The third kappa shape index (κ3) is 4.03. The van der Waals surface area contributed by atoms with Crippen molar-refractivity contribution in [2.75, 3.05) is 5.75 Å². The lowest BCUT2D eigenvalue weighted by Crippen LogP contribution is -2.39. The first-order chi connectivity index (χ1) is 6.31. The van der Waals surface area contributed by atoms with E-state index in [2.05, 4.69) is 34.6 Å². The Morgan fingerprint density at radius 3 is 2.50 bits per heavy atom. The highest BCUT2D eigenvalue weighted by Gasteiger charge is 2.35. The monoisotopic (exact) mass is 234 g/mol. The number of rotatable bonds is 1. The highest BCUT2D eigenvalue weighted by atomic mass is 33.1. The Bertz CT molecular complexity index is 184. The molecule has 0 spiro atoms. The standard InChI is InChI=1S/C11H22OS2/c1-10(2,3)12-9-7-6-8-13-14-11(9,4)5/h9H,6-8H2,1-5H3. The molecule has 1 atom stereocenters. The zero-order chi connectivity index (χ0) is 10.8. The molecular formula is C11H22OS2. The van der Waals surface area contributed by atoms with E-state index in [1.54, 1.807) is 0 Å². The van der Waals surface area contributed by atoms with Crippen LogP contribution in [0.1, 0.15) is 47.5 Å². The summed E-state index contributed by atoms with van der Waals surface area (Å²) in [5.41, 5.74) is -0.0164. The second-order valence-corrected chi connectivity index (χ2v) is 8.44. The molecule has 1 rings (SSSR count). The molecule has 1 nitrogen and oxygen atoms in total. The maximum Gasteiger partial charge on any atom is 0.0732 e. The molecule has 0 saturated carbocycles. The summed E-state index contributed by atoms with van der Waals surface area (Å²) in [4.78, 5) is 0. The molecule has 1 aliphatic heterocycles. The zero-order valence-electron chi connectivity index (χ0n) is 9.92. The predicted octanol–water partition coefficient (Wildman–Crippen LogP) is 4.12. The molecule has 0 amide bonds. The minimum atomic E-state index is -0.0164. The van der Waals surface area contributed by atoms with Gasteiger partial charge < -0.3 is 4.74 Å².